The summed E-state index contributed by atoms with van der Waals surface area (Å²) in [6.45, 7) is 1.82. The Balaban J connectivity index is 1.75. The van der Waals surface area contributed by atoms with Gasteiger partial charge in [-0.15, -0.1) is 0 Å². The van der Waals surface area contributed by atoms with Gasteiger partial charge in [0.1, 0.15) is 0 Å². The fraction of sp³-hybridized carbons (Fsp3) is 0.0455. The molecule has 1 aliphatic rings. The van der Waals surface area contributed by atoms with Crippen molar-refractivity contribution in [2.24, 2.45) is 5.16 Å². The molecule has 0 fully saturated rings. The van der Waals surface area contributed by atoms with Crippen molar-refractivity contribution in [1.82, 2.24) is 0 Å². The Bertz CT molecular complexity index is 1070. The molecule has 1 aliphatic carbocycles. The van der Waals surface area contributed by atoms with Gasteiger partial charge in [0.05, 0.1) is 5.56 Å². The lowest BCUT2D eigenvalue weighted by atomic mass is 9.83. The van der Waals surface area contributed by atoms with Gasteiger partial charge >= 0.3 is 5.97 Å². The Morgan fingerprint density at radius 1 is 0.769 bits per heavy atom. The normalized spacial score (nSPS) is 13.9. The highest BCUT2D eigenvalue weighted by atomic mass is 16.7. The zero-order chi connectivity index (χ0) is 18.1. The van der Waals surface area contributed by atoms with Crippen LogP contribution in [0.5, 0.6) is 0 Å². The van der Waals surface area contributed by atoms with Gasteiger partial charge in [0.2, 0.25) is 5.78 Å². The Kier molecular flexibility index (Phi) is 3.93. The molecule has 0 radical (unpaired) electrons. The van der Waals surface area contributed by atoms with Crippen LogP contribution in [0, 0.1) is 6.92 Å². The number of rotatable bonds is 2. The summed E-state index contributed by atoms with van der Waals surface area (Å²) in [6.07, 6.45) is 0. The van der Waals surface area contributed by atoms with E-state index in [9.17, 15) is 9.59 Å². The molecule has 4 heteroatoms. The molecule has 0 aromatic heterocycles. The number of hydrogen-bond donors (Lipinski definition) is 0. The average Bonchev–Trinajstić information content (AvgIpc) is 2.68. The van der Waals surface area contributed by atoms with E-state index in [1.165, 1.54) is 0 Å². The van der Waals surface area contributed by atoms with E-state index >= 15 is 0 Å². The van der Waals surface area contributed by atoms with Crippen LogP contribution in [0.25, 0.3) is 11.1 Å². The maximum atomic E-state index is 12.9. The van der Waals surface area contributed by atoms with Crippen LogP contribution < -0.4 is 0 Å². The summed E-state index contributed by atoms with van der Waals surface area (Å²) in [7, 11) is 0. The van der Waals surface area contributed by atoms with Crippen molar-refractivity contribution in [3.05, 3.63) is 95.1 Å². The van der Waals surface area contributed by atoms with Crippen molar-refractivity contribution in [2.45, 2.75) is 6.92 Å². The number of ketones is 1. The molecule has 0 unspecified atom stereocenters. The van der Waals surface area contributed by atoms with Gasteiger partial charge < -0.3 is 4.84 Å². The molecule has 4 rings (SSSR count). The Hall–Kier alpha value is -3.53. The van der Waals surface area contributed by atoms with E-state index in [1.807, 2.05) is 61.5 Å². The number of oxime groups is 1. The summed E-state index contributed by atoms with van der Waals surface area (Å²) in [4.78, 5) is 30.3. The molecule has 0 bridgehead atoms. The minimum atomic E-state index is -0.584. The molecule has 0 saturated heterocycles. The van der Waals surface area contributed by atoms with Crippen molar-refractivity contribution in [1.29, 1.82) is 0 Å². The smallest absolute Gasteiger partial charge is 0.312 e. The minimum Gasteiger partial charge on any atom is -0.312 e. The molecule has 0 heterocycles. The van der Waals surface area contributed by atoms with E-state index in [0.717, 1.165) is 16.7 Å². The monoisotopic (exact) mass is 341 g/mol. The fourth-order valence-electron chi connectivity index (χ4n) is 3.12. The van der Waals surface area contributed by atoms with Crippen molar-refractivity contribution >= 4 is 17.5 Å². The SMILES string of the molecule is Cc1ccccc1C(=O)O/N=C1/C(=O)c2ccccc2-c2ccccc21. The van der Waals surface area contributed by atoms with Crippen molar-refractivity contribution in [3.63, 3.8) is 0 Å². The first-order valence-corrected chi connectivity index (χ1v) is 8.25. The predicted octanol–water partition coefficient (Wildman–Crippen LogP) is 4.42. The second kappa shape index (κ2) is 6.41. The molecule has 0 saturated carbocycles. The lowest BCUT2D eigenvalue weighted by molar-refractivity contribution is 0.0515. The summed E-state index contributed by atoms with van der Waals surface area (Å²) in [5.41, 5.74) is 4.32. The largest absolute Gasteiger partial charge is 0.366 e. The average molecular weight is 341 g/mol. The number of benzene rings is 3. The summed E-state index contributed by atoms with van der Waals surface area (Å²) in [6, 6.07) is 21.9. The molecule has 0 aliphatic heterocycles. The highest BCUT2D eigenvalue weighted by Crippen LogP contribution is 2.33. The van der Waals surface area contributed by atoms with Crippen LogP contribution in [0.2, 0.25) is 0 Å². The molecule has 126 valence electrons. The lowest BCUT2D eigenvalue weighted by Crippen LogP contribution is -2.23. The highest BCUT2D eigenvalue weighted by molar-refractivity contribution is 6.54. The minimum absolute atomic E-state index is 0.140. The Morgan fingerprint density at radius 2 is 1.31 bits per heavy atom. The number of carbonyl (C=O) groups excluding carboxylic acids is 2. The molecule has 4 nitrogen and oxygen atoms in total. The predicted molar refractivity (Wildman–Crippen MR) is 99.3 cm³/mol. The van der Waals surface area contributed by atoms with Crippen LogP contribution in [-0.4, -0.2) is 17.5 Å². The van der Waals surface area contributed by atoms with Gasteiger partial charge in [-0.3, -0.25) is 4.79 Å². The number of hydrogen-bond acceptors (Lipinski definition) is 4. The molecular formula is C22H15NO3. The molecule has 0 N–H and O–H groups in total. The van der Waals surface area contributed by atoms with Crippen LogP contribution in [0.1, 0.15) is 31.8 Å². The quantitative estimate of drug-likeness (QED) is 0.512. The number of aryl methyl sites for hydroxylation is 1. The topological polar surface area (TPSA) is 55.7 Å². The Labute approximate surface area is 150 Å². The third kappa shape index (κ3) is 2.62. The zero-order valence-electron chi connectivity index (χ0n) is 14.1. The van der Waals surface area contributed by atoms with Gasteiger partial charge in [0, 0.05) is 11.1 Å². The van der Waals surface area contributed by atoms with Crippen molar-refractivity contribution < 1.29 is 14.4 Å². The fourth-order valence-corrected chi connectivity index (χ4v) is 3.12. The first-order chi connectivity index (χ1) is 12.7. The molecule has 26 heavy (non-hydrogen) atoms. The summed E-state index contributed by atoms with van der Waals surface area (Å²) in [5.74, 6) is -0.836. The molecule has 0 amide bonds. The molecule has 3 aromatic carbocycles. The Morgan fingerprint density at radius 3 is 2.00 bits per heavy atom. The van der Waals surface area contributed by atoms with E-state index in [2.05, 4.69) is 5.16 Å². The molecule has 0 atom stereocenters. The highest BCUT2D eigenvalue weighted by Gasteiger charge is 2.29. The van der Waals surface area contributed by atoms with Crippen LogP contribution in [-0.2, 0) is 4.84 Å². The van der Waals surface area contributed by atoms with E-state index < -0.39 is 5.97 Å². The van der Waals surface area contributed by atoms with Gasteiger partial charge in [-0.05, 0) is 29.7 Å². The molecular weight excluding hydrogens is 326 g/mol. The van der Waals surface area contributed by atoms with E-state index in [4.69, 9.17) is 4.84 Å². The first kappa shape index (κ1) is 16.0. The number of nitrogens with zero attached hydrogens (tertiary/aromatic N) is 1. The van der Waals surface area contributed by atoms with Crippen LogP contribution in [0.4, 0.5) is 0 Å². The summed E-state index contributed by atoms with van der Waals surface area (Å²) in [5, 5.41) is 3.94. The van der Waals surface area contributed by atoms with E-state index in [0.29, 0.717) is 16.7 Å². The van der Waals surface area contributed by atoms with Gasteiger partial charge in [-0.25, -0.2) is 4.79 Å². The molecule has 3 aromatic rings. The van der Waals surface area contributed by atoms with Crippen LogP contribution in [0.15, 0.2) is 78.0 Å². The number of carbonyl (C=O) groups is 2. The lowest BCUT2D eigenvalue weighted by Gasteiger charge is -2.19. The maximum absolute atomic E-state index is 12.9. The molecule has 0 spiro atoms. The van der Waals surface area contributed by atoms with E-state index in [-0.39, 0.29) is 11.5 Å². The van der Waals surface area contributed by atoms with Crippen molar-refractivity contribution in [3.8, 4) is 11.1 Å². The number of Topliss-reactive ketones (excluding diaryl/α,β-unsaturated/α-hetero) is 1. The third-order valence-electron chi connectivity index (χ3n) is 4.44. The zero-order valence-corrected chi connectivity index (χ0v) is 14.1. The second-order valence-electron chi connectivity index (χ2n) is 6.05. The van der Waals surface area contributed by atoms with Gasteiger partial charge in [0.25, 0.3) is 0 Å². The maximum Gasteiger partial charge on any atom is 0.366 e. The third-order valence-corrected chi connectivity index (χ3v) is 4.44. The summed E-state index contributed by atoms with van der Waals surface area (Å²) >= 11 is 0. The van der Waals surface area contributed by atoms with Gasteiger partial charge in [-0.2, -0.15) is 0 Å². The second-order valence-corrected chi connectivity index (χ2v) is 6.05. The first-order valence-electron chi connectivity index (χ1n) is 8.25. The van der Waals surface area contributed by atoms with E-state index in [1.54, 1.807) is 18.2 Å². The summed E-state index contributed by atoms with van der Waals surface area (Å²) < 4.78 is 0. The van der Waals surface area contributed by atoms with Gasteiger partial charge in [0.15, 0.2) is 5.71 Å². The van der Waals surface area contributed by atoms with Gasteiger partial charge in [-0.1, -0.05) is 71.9 Å². The van der Waals surface area contributed by atoms with Crippen LogP contribution >= 0.6 is 0 Å². The number of fused-ring (bicyclic) bond motifs is 3. The standard InChI is InChI=1S/C22H15NO3/c1-14-8-2-3-9-15(14)22(25)26-23-20-18-12-6-4-10-16(18)17-11-5-7-13-19(17)21(20)24/h2-13H,1H3/b23-20+. The van der Waals surface area contributed by atoms with Crippen molar-refractivity contribution in [2.75, 3.05) is 0 Å². The van der Waals surface area contributed by atoms with Crippen LogP contribution in [0.3, 0.4) is 0 Å².